The summed E-state index contributed by atoms with van der Waals surface area (Å²) in [4.78, 5) is 12.5. The van der Waals surface area contributed by atoms with Gasteiger partial charge in [0.05, 0.1) is 0 Å². The van der Waals surface area contributed by atoms with Crippen LogP contribution in [-0.2, 0) is 6.42 Å². The molecule has 0 unspecified atom stereocenters. The van der Waals surface area contributed by atoms with Gasteiger partial charge in [-0.25, -0.2) is 0 Å². The number of furan rings is 1. The van der Waals surface area contributed by atoms with E-state index >= 15 is 0 Å². The van der Waals surface area contributed by atoms with Crippen molar-refractivity contribution in [1.29, 1.82) is 0 Å². The predicted molar refractivity (Wildman–Crippen MR) is 99.3 cm³/mol. The highest BCUT2D eigenvalue weighted by molar-refractivity contribution is 5.99. The second kappa shape index (κ2) is 6.63. The summed E-state index contributed by atoms with van der Waals surface area (Å²) < 4.78 is 7.70. The summed E-state index contributed by atoms with van der Waals surface area (Å²) in [7, 11) is 0. The minimum atomic E-state index is -0.178. The molecule has 1 aromatic carbocycles. The standard InChI is InChI=1S/C20H20N4O2/c1-13-8-9-16-15(12-13)14(2)19(26-16)20(25)21-10-5-7-18-23-22-17-6-3-4-11-24(17)18/h3-4,6,8-9,11-12H,5,7,10H2,1-2H3,(H,21,25). The average molecular weight is 348 g/mol. The van der Waals surface area contributed by atoms with Gasteiger partial charge in [-0.1, -0.05) is 17.7 Å². The number of aryl methyl sites for hydroxylation is 3. The number of carbonyl (C=O) groups excluding carboxylic acids is 1. The third-order valence-electron chi connectivity index (χ3n) is 4.54. The number of aromatic nitrogens is 3. The van der Waals surface area contributed by atoms with E-state index in [0.29, 0.717) is 12.3 Å². The Kier molecular flexibility index (Phi) is 4.16. The number of carbonyl (C=O) groups is 1. The van der Waals surface area contributed by atoms with E-state index in [-0.39, 0.29) is 5.91 Å². The molecule has 0 saturated heterocycles. The molecule has 1 N–H and O–H groups in total. The van der Waals surface area contributed by atoms with Crippen molar-refractivity contribution in [2.24, 2.45) is 0 Å². The zero-order valence-electron chi connectivity index (χ0n) is 14.8. The molecule has 26 heavy (non-hydrogen) atoms. The molecule has 4 rings (SSSR count). The molecule has 0 bridgehead atoms. The topological polar surface area (TPSA) is 72.4 Å². The minimum Gasteiger partial charge on any atom is -0.451 e. The second-order valence-electron chi connectivity index (χ2n) is 6.46. The van der Waals surface area contributed by atoms with Gasteiger partial charge in [-0.2, -0.15) is 0 Å². The fraction of sp³-hybridized carbons (Fsp3) is 0.250. The van der Waals surface area contributed by atoms with E-state index in [1.807, 2.05) is 60.8 Å². The molecule has 132 valence electrons. The highest BCUT2D eigenvalue weighted by atomic mass is 16.3. The van der Waals surface area contributed by atoms with Crippen molar-refractivity contribution >= 4 is 22.5 Å². The molecular weight excluding hydrogens is 328 g/mol. The summed E-state index contributed by atoms with van der Waals surface area (Å²) in [5.41, 5.74) is 3.60. The summed E-state index contributed by atoms with van der Waals surface area (Å²) in [5, 5.41) is 12.3. The van der Waals surface area contributed by atoms with E-state index in [2.05, 4.69) is 15.5 Å². The summed E-state index contributed by atoms with van der Waals surface area (Å²) in [6, 6.07) is 11.7. The van der Waals surface area contributed by atoms with Crippen molar-refractivity contribution in [2.45, 2.75) is 26.7 Å². The first-order chi connectivity index (χ1) is 12.6. The van der Waals surface area contributed by atoms with Gasteiger partial charge in [-0.15, -0.1) is 10.2 Å². The number of hydrogen-bond donors (Lipinski definition) is 1. The summed E-state index contributed by atoms with van der Waals surface area (Å²) in [6.45, 7) is 4.50. The molecule has 1 amide bonds. The van der Waals surface area contributed by atoms with Crippen LogP contribution in [0.15, 0.2) is 47.0 Å². The Morgan fingerprint density at radius 3 is 2.96 bits per heavy atom. The van der Waals surface area contributed by atoms with Crippen LogP contribution in [0.2, 0.25) is 0 Å². The molecule has 0 aliphatic heterocycles. The molecule has 0 spiro atoms. The minimum absolute atomic E-state index is 0.178. The van der Waals surface area contributed by atoms with Crippen molar-refractivity contribution in [3.63, 3.8) is 0 Å². The maximum Gasteiger partial charge on any atom is 0.287 e. The lowest BCUT2D eigenvalue weighted by Gasteiger charge is -2.03. The van der Waals surface area contributed by atoms with Crippen LogP contribution in [-0.4, -0.2) is 27.0 Å². The molecule has 6 nitrogen and oxygen atoms in total. The number of benzene rings is 1. The van der Waals surface area contributed by atoms with Gasteiger partial charge >= 0.3 is 0 Å². The molecule has 0 saturated carbocycles. The lowest BCUT2D eigenvalue weighted by Crippen LogP contribution is -2.25. The summed E-state index contributed by atoms with van der Waals surface area (Å²) in [6.07, 6.45) is 3.46. The number of rotatable bonds is 5. The zero-order valence-corrected chi connectivity index (χ0v) is 14.8. The summed E-state index contributed by atoms with van der Waals surface area (Å²) in [5.74, 6) is 1.10. The Hall–Kier alpha value is -3.15. The molecule has 0 atom stereocenters. The largest absolute Gasteiger partial charge is 0.451 e. The molecule has 0 fully saturated rings. The van der Waals surface area contributed by atoms with Crippen molar-refractivity contribution in [3.05, 3.63) is 65.3 Å². The number of nitrogens with one attached hydrogen (secondary N) is 1. The molecule has 3 aromatic heterocycles. The van der Waals surface area contributed by atoms with Crippen LogP contribution in [0.1, 0.15) is 33.9 Å². The second-order valence-corrected chi connectivity index (χ2v) is 6.46. The van der Waals surface area contributed by atoms with Crippen molar-refractivity contribution in [3.8, 4) is 0 Å². The molecule has 4 aromatic rings. The quantitative estimate of drug-likeness (QED) is 0.561. The Balaban J connectivity index is 1.39. The van der Waals surface area contributed by atoms with Crippen LogP contribution < -0.4 is 5.32 Å². The monoisotopic (exact) mass is 348 g/mol. The van der Waals surface area contributed by atoms with Gasteiger partial charge in [0, 0.05) is 30.1 Å². The zero-order chi connectivity index (χ0) is 18.1. The van der Waals surface area contributed by atoms with Gasteiger partial charge in [0.25, 0.3) is 5.91 Å². The molecule has 0 radical (unpaired) electrons. The van der Waals surface area contributed by atoms with E-state index in [1.165, 1.54) is 0 Å². The van der Waals surface area contributed by atoms with E-state index < -0.39 is 0 Å². The maximum absolute atomic E-state index is 12.5. The Morgan fingerprint density at radius 1 is 1.19 bits per heavy atom. The van der Waals surface area contributed by atoms with E-state index in [4.69, 9.17) is 4.42 Å². The van der Waals surface area contributed by atoms with Crippen LogP contribution in [0, 0.1) is 13.8 Å². The van der Waals surface area contributed by atoms with Crippen molar-refractivity contribution in [1.82, 2.24) is 19.9 Å². The lowest BCUT2D eigenvalue weighted by atomic mass is 10.1. The number of hydrogen-bond acceptors (Lipinski definition) is 4. The highest BCUT2D eigenvalue weighted by Gasteiger charge is 2.17. The van der Waals surface area contributed by atoms with E-state index in [1.54, 1.807) is 0 Å². The van der Waals surface area contributed by atoms with Gasteiger partial charge in [0.1, 0.15) is 11.4 Å². The normalized spacial score (nSPS) is 11.3. The first kappa shape index (κ1) is 16.3. The van der Waals surface area contributed by atoms with Crippen LogP contribution >= 0.6 is 0 Å². The highest BCUT2D eigenvalue weighted by Crippen LogP contribution is 2.26. The third-order valence-corrected chi connectivity index (χ3v) is 4.54. The number of fused-ring (bicyclic) bond motifs is 2. The van der Waals surface area contributed by atoms with Crippen LogP contribution in [0.5, 0.6) is 0 Å². The van der Waals surface area contributed by atoms with Gasteiger partial charge in [0.2, 0.25) is 0 Å². The molecule has 3 heterocycles. The molecule has 0 aliphatic rings. The third kappa shape index (κ3) is 2.94. The van der Waals surface area contributed by atoms with Crippen LogP contribution in [0.25, 0.3) is 16.6 Å². The number of nitrogens with zero attached hydrogens (tertiary/aromatic N) is 3. The predicted octanol–water partition coefficient (Wildman–Crippen LogP) is 3.45. The number of pyridine rings is 1. The van der Waals surface area contributed by atoms with Gasteiger partial charge in [0.15, 0.2) is 11.4 Å². The van der Waals surface area contributed by atoms with Crippen molar-refractivity contribution in [2.75, 3.05) is 6.54 Å². The van der Waals surface area contributed by atoms with Crippen molar-refractivity contribution < 1.29 is 9.21 Å². The van der Waals surface area contributed by atoms with Crippen LogP contribution in [0.3, 0.4) is 0 Å². The van der Waals surface area contributed by atoms with E-state index in [0.717, 1.165) is 46.4 Å². The number of amides is 1. The fourth-order valence-electron chi connectivity index (χ4n) is 3.14. The summed E-state index contributed by atoms with van der Waals surface area (Å²) >= 11 is 0. The Labute approximate surface area is 150 Å². The smallest absolute Gasteiger partial charge is 0.287 e. The van der Waals surface area contributed by atoms with Gasteiger partial charge in [-0.05, 0) is 44.5 Å². The lowest BCUT2D eigenvalue weighted by molar-refractivity contribution is 0.0927. The van der Waals surface area contributed by atoms with Gasteiger partial charge in [-0.3, -0.25) is 9.20 Å². The molecular formula is C20H20N4O2. The first-order valence-electron chi connectivity index (χ1n) is 8.70. The van der Waals surface area contributed by atoms with Gasteiger partial charge < -0.3 is 9.73 Å². The first-order valence-corrected chi connectivity index (χ1v) is 8.70. The average Bonchev–Trinajstić information content (AvgIpc) is 3.20. The molecule has 6 heteroatoms. The molecule has 0 aliphatic carbocycles. The fourth-order valence-corrected chi connectivity index (χ4v) is 3.14. The Bertz CT molecular complexity index is 1090. The Morgan fingerprint density at radius 2 is 2.08 bits per heavy atom. The van der Waals surface area contributed by atoms with E-state index in [9.17, 15) is 4.79 Å². The SMILES string of the molecule is Cc1ccc2oc(C(=O)NCCCc3nnc4ccccn34)c(C)c2c1. The maximum atomic E-state index is 12.5. The van der Waals surface area contributed by atoms with Crippen LogP contribution in [0.4, 0.5) is 0 Å².